The number of halogens is 2. The standard InChI is InChI=1S/C19H18ClFN4O3S/c20-15-4-1-3-14(13-15)18-22-19(28-23-18)24-9-2-10-25(12-11-24)29(26,27)17-7-5-16(21)6-8-17/h1,3-8,13H,2,9-12H2. The van der Waals surface area contributed by atoms with Crippen LogP contribution in [-0.4, -0.2) is 49.0 Å². The molecule has 1 aliphatic rings. The van der Waals surface area contributed by atoms with Gasteiger partial charge in [-0.15, -0.1) is 0 Å². The van der Waals surface area contributed by atoms with Gasteiger partial charge in [0.1, 0.15) is 5.82 Å². The van der Waals surface area contributed by atoms with Crippen LogP contribution in [-0.2, 0) is 10.0 Å². The van der Waals surface area contributed by atoms with Gasteiger partial charge in [-0.1, -0.05) is 28.9 Å². The number of hydrogen-bond donors (Lipinski definition) is 0. The molecule has 1 fully saturated rings. The number of sulfonamides is 1. The summed E-state index contributed by atoms with van der Waals surface area (Å²) >= 11 is 6.01. The SMILES string of the molecule is O=S(=O)(c1ccc(F)cc1)N1CCCN(c2nc(-c3cccc(Cl)c3)no2)CC1. The molecule has 1 saturated heterocycles. The minimum absolute atomic E-state index is 0.0772. The molecule has 0 atom stereocenters. The van der Waals surface area contributed by atoms with E-state index < -0.39 is 15.8 Å². The molecular weight excluding hydrogens is 419 g/mol. The fourth-order valence-electron chi connectivity index (χ4n) is 3.17. The lowest BCUT2D eigenvalue weighted by Gasteiger charge is -2.20. The van der Waals surface area contributed by atoms with Crippen molar-refractivity contribution in [2.24, 2.45) is 0 Å². The van der Waals surface area contributed by atoms with Gasteiger partial charge in [-0.25, -0.2) is 12.8 Å². The second-order valence-electron chi connectivity index (χ2n) is 6.61. The maximum absolute atomic E-state index is 13.1. The van der Waals surface area contributed by atoms with E-state index in [-0.39, 0.29) is 11.4 Å². The van der Waals surface area contributed by atoms with E-state index in [1.807, 2.05) is 11.0 Å². The van der Waals surface area contributed by atoms with Gasteiger partial charge in [0.2, 0.25) is 15.8 Å². The minimum Gasteiger partial charge on any atom is -0.323 e. The first-order valence-electron chi connectivity index (χ1n) is 9.04. The molecule has 0 unspecified atom stereocenters. The molecule has 0 radical (unpaired) electrons. The quantitative estimate of drug-likeness (QED) is 0.623. The number of aromatic nitrogens is 2. The van der Waals surface area contributed by atoms with E-state index >= 15 is 0 Å². The van der Waals surface area contributed by atoms with Gasteiger partial charge < -0.3 is 9.42 Å². The van der Waals surface area contributed by atoms with Crippen molar-refractivity contribution in [3.8, 4) is 11.4 Å². The normalized spacial score (nSPS) is 16.0. The zero-order valence-corrected chi connectivity index (χ0v) is 16.9. The summed E-state index contributed by atoms with van der Waals surface area (Å²) in [4.78, 5) is 6.36. The molecule has 152 valence electrons. The molecule has 2 heterocycles. The van der Waals surface area contributed by atoms with Crippen LogP contribution in [0.3, 0.4) is 0 Å². The largest absolute Gasteiger partial charge is 0.324 e. The molecule has 3 aromatic rings. The number of rotatable bonds is 4. The highest BCUT2D eigenvalue weighted by Crippen LogP contribution is 2.24. The highest BCUT2D eigenvalue weighted by molar-refractivity contribution is 7.89. The van der Waals surface area contributed by atoms with E-state index in [9.17, 15) is 12.8 Å². The van der Waals surface area contributed by atoms with Crippen LogP contribution in [0.4, 0.5) is 10.4 Å². The lowest BCUT2D eigenvalue weighted by Crippen LogP contribution is -2.35. The molecule has 0 N–H and O–H groups in total. The van der Waals surface area contributed by atoms with Crippen molar-refractivity contribution in [1.29, 1.82) is 0 Å². The van der Waals surface area contributed by atoms with Crippen molar-refractivity contribution < 1.29 is 17.3 Å². The molecule has 0 saturated carbocycles. The fraction of sp³-hybridized carbons (Fsp3) is 0.263. The van der Waals surface area contributed by atoms with E-state index in [1.54, 1.807) is 18.2 Å². The third-order valence-corrected chi connectivity index (χ3v) is 6.82. The number of benzene rings is 2. The Kier molecular flexibility index (Phi) is 5.53. The summed E-state index contributed by atoms with van der Waals surface area (Å²) in [5.41, 5.74) is 0.739. The average Bonchev–Trinajstić information content (AvgIpc) is 3.06. The highest BCUT2D eigenvalue weighted by atomic mass is 35.5. The van der Waals surface area contributed by atoms with Gasteiger partial charge in [-0.3, -0.25) is 0 Å². The molecule has 0 bridgehead atoms. The molecule has 29 heavy (non-hydrogen) atoms. The second kappa shape index (κ2) is 8.10. The van der Waals surface area contributed by atoms with Crippen molar-refractivity contribution in [1.82, 2.24) is 14.4 Å². The van der Waals surface area contributed by atoms with Crippen molar-refractivity contribution in [2.45, 2.75) is 11.3 Å². The van der Waals surface area contributed by atoms with Gasteiger partial charge in [0, 0.05) is 36.8 Å². The first-order valence-corrected chi connectivity index (χ1v) is 10.9. The third kappa shape index (κ3) is 4.26. The smallest absolute Gasteiger partial charge is 0.323 e. The predicted molar refractivity (Wildman–Crippen MR) is 107 cm³/mol. The molecule has 0 amide bonds. The van der Waals surface area contributed by atoms with Gasteiger partial charge in [0.05, 0.1) is 4.90 Å². The molecule has 1 aliphatic heterocycles. The highest BCUT2D eigenvalue weighted by Gasteiger charge is 2.28. The summed E-state index contributed by atoms with van der Waals surface area (Å²) in [6.07, 6.45) is 0.593. The van der Waals surface area contributed by atoms with Crippen molar-refractivity contribution in [3.63, 3.8) is 0 Å². The van der Waals surface area contributed by atoms with E-state index in [0.717, 1.165) is 17.7 Å². The maximum Gasteiger partial charge on any atom is 0.324 e. The molecular formula is C19H18ClFN4O3S. The summed E-state index contributed by atoms with van der Waals surface area (Å²) in [5, 5.41) is 4.58. The van der Waals surface area contributed by atoms with Crippen LogP contribution in [0.2, 0.25) is 5.02 Å². The summed E-state index contributed by atoms with van der Waals surface area (Å²) < 4.78 is 45.6. The Labute approximate surface area is 172 Å². The maximum atomic E-state index is 13.1. The lowest BCUT2D eigenvalue weighted by atomic mass is 10.2. The summed E-state index contributed by atoms with van der Waals surface area (Å²) in [7, 11) is -3.69. The summed E-state index contributed by atoms with van der Waals surface area (Å²) in [5.74, 6) is -0.0552. The van der Waals surface area contributed by atoms with E-state index in [1.165, 1.54) is 16.4 Å². The molecule has 0 spiro atoms. The molecule has 7 nitrogen and oxygen atoms in total. The first-order chi connectivity index (χ1) is 13.9. The topological polar surface area (TPSA) is 79.5 Å². The third-order valence-electron chi connectivity index (χ3n) is 4.67. The minimum atomic E-state index is -3.69. The second-order valence-corrected chi connectivity index (χ2v) is 8.98. The van der Waals surface area contributed by atoms with Crippen molar-refractivity contribution >= 4 is 27.6 Å². The van der Waals surface area contributed by atoms with Gasteiger partial charge in [-0.2, -0.15) is 9.29 Å². The number of nitrogens with zero attached hydrogens (tertiary/aromatic N) is 4. The Balaban J connectivity index is 1.49. The van der Waals surface area contributed by atoms with Crippen LogP contribution in [0.5, 0.6) is 0 Å². The Morgan fingerprint density at radius 3 is 2.59 bits per heavy atom. The van der Waals surface area contributed by atoms with Crippen LogP contribution in [0.25, 0.3) is 11.4 Å². The van der Waals surface area contributed by atoms with Crippen LogP contribution in [0.1, 0.15) is 6.42 Å². The number of hydrogen-bond acceptors (Lipinski definition) is 6. The van der Waals surface area contributed by atoms with Crippen LogP contribution < -0.4 is 4.90 Å². The first kappa shape index (κ1) is 19.8. The van der Waals surface area contributed by atoms with Gasteiger partial charge in [-0.05, 0) is 42.8 Å². The van der Waals surface area contributed by atoms with Crippen LogP contribution >= 0.6 is 11.6 Å². The molecule has 2 aromatic carbocycles. The lowest BCUT2D eigenvalue weighted by molar-refractivity contribution is 0.411. The summed E-state index contributed by atoms with van der Waals surface area (Å²) in [6.45, 7) is 1.59. The number of anilines is 1. The Morgan fingerprint density at radius 1 is 1.03 bits per heavy atom. The summed E-state index contributed by atoms with van der Waals surface area (Å²) in [6, 6.07) is 12.3. The van der Waals surface area contributed by atoms with E-state index in [0.29, 0.717) is 42.9 Å². The van der Waals surface area contributed by atoms with Crippen molar-refractivity contribution in [2.75, 3.05) is 31.1 Å². The van der Waals surface area contributed by atoms with Crippen molar-refractivity contribution in [3.05, 3.63) is 59.4 Å². The van der Waals surface area contributed by atoms with Gasteiger partial charge >= 0.3 is 6.01 Å². The van der Waals surface area contributed by atoms with Gasteiger partial charge in [0.25, 0.3) is 0 Å². The molecule has 0 aliphatic carbocycles. The van der Waals surface area contributed by atoms with Crippen LogP contribution in [0.15, 0.2) is 57.9 Å². The zero-order chi connectivity index (χ0) is 20.4. The molecule has 4 rings (SSSR count). The predicted octanol–water partition coefficient (Wildman–Crippen LogP) is 3.43. The Morgan fingerprint density at radius 2 is 1.83 bits per heavy atom. The fourth-order valence-corrected chi connectivity index (χ4v) is 4.83. The Bertz CT molecular complexity index is 1100. The molecule has 10 heteroatoms. The molecule has 1 aromatic heterocycles. The Hall–Kier alpha value is -2.49. The van der Waals surface area contributed by atoms with E-state index in [4.69, 9.17) is 16.1 Å². The average molecular weight is 437 g/mol. The zero-order valence-electron chi connectivity index (χ0n) is 15.3. The monoisotopic (exact) mass is 436 g/mol. The van der Waals surface area contributed by atoms with E-state index in [2.05, 4.69) is 10.1 Å². The van der Waals surface area contributed by atoms with Crippen LogP contribution in [0, 0.1) is 5.82 Å². The van der Waals surface area contributed by atoms with Gasteiger partial charge in [0.15, 0.2) is 0 Å².